The van der Waals surface area contributed by atoms with Crippen LogP contribution < -0.4 is 10.0 Å². The number of rotatable bonds is 8. The zero-order chi connectivity index (χ0) is 19.2. The van der Waals surface area contributed by atoms with Gasteiger partial charge in [-0.25, -0.2) is 13.1 Å². The van der Waals surface area contributed by atoms with Crippen LogP contribution in [0.15, 0.2) is 29.2 Å². The molecule has 2 N–H and O–H groups in total. The Hall–Kier alpha value is -1.19. The first-order chi connectivity index (χ1) is 12.3. The normalized spacial score (nSPS) is 16.4. The van der Waals surface area contributed by atoms with Crippen molar-refractivity contribution in [2.24, 2.45) is 5.41 Å². The molecule has 1 saturated heterocycles. The van der Waals surface area contributed by atoms with Gasteiger partial charge in [-0.15, -0.1) is 12.4 Å². The maximum Gasteiger partial charge on any atom is 0.240 e. The second-order valence-electron chi connectivity index (χ2n) is 6.90. The van der Waals surface area contributed by atoms with Crippen molar-refractivity contribution in [1.82, 2.24) is 14.9 Å². The van der Waals surface area contributed by atoms with Crippen molar-refractivity contribution >= 4 is 28.3 Å². The van der Waals surface area contributed by atoms with Crippen molar-refractivity contribution in [3.8, 4) is 0 Å². The summed E-state index contributed by atoms with van der Waals surface area (Å²) in [5.41, 5.74) is 0.476. The number of aryl methyl sites for hydroxylation is 1. The summed E-state index contributed by atoms with van der Waals surface area (Å²) >= 11 is 0. The summed E-state index contributed by atoms with van der Waals surface area (Å²) in [6.45, 7) is 4.32. The number of likely N-dealkylation sites (N-methyl/N-ethyl adjacent to an activating group) is 1. The van der Waals surface area contributed by atoms with Crippen LogP contribution in [0.25, 0.3) is 0 Å². The second-order valence-corrected chi connectivity index (χ2v) is 8.67. The monoisotopic (exact) mass is 419 g/mol. The van der Waals surface area contributed by atoms with E-state index < -0.39 is 15.4 Å². The molecule has 0 unspecified atom stereocenters. The molecule has 1 heterocycles. The van der Waals surface area contributed by atoms with Gasteiger partial charge in [-0.3, -0.25) is 4.79 Å². The predicted octanol–water partition coefficient (Wildman–Crippen LogP) is 1.17. The Morgan fingerprint density at radius 1 is 1.26 bits per heavy atom. The molecule has 0 saturated carbocycles. The van der Waals surface area contributed by atoms with E-state index in [9.17, 15) is 13.2 Å². The van der Waals surface area contributed by atoms with E-state index in [4.69, 9.17) is 4.74 Å². The molecule has 9 heteroatoms. The molecule has 0 aromatic heterocycles. The molecule has 1 aliphatic rings. The number of hydrogen-bond donors (Lipinski definition) is 2. The molecule has 2 rings (SSSR count). The Morgan fingerprint density at radius 2 is 1.85 bits per heavy atom. The fourth-order valence-corrected chi connectivity index (χ4v) is 4.28. The van der Waals surface area contributed by atoms with Gasteiger partial charge in [0.25, 0.3) is 0 Å². The molecule has 0 aliphatic carbocycles. The molecule has 1 amide bonds. The lowest BCUT2D eigenvalue weighted by Crippen LogP contribution is -2.51. The van der Waals surface area contributed by atoms with Gasteiger partial charge >= 0.3 is 0 Å². The number of nitrogens with zero attached hydrogens (tertiary/aromatic N) is 1. The molecule has 0 radical (unpaired) electrons. The Balaban J connectivity index is 0.00000364. The van der Waals surface area contributed by atoms with Crippen LogP contribution in [0.5, 0.6) is 0 Å². The fourth-order valence-electron chi connectivity index (χ4n) is 3.26. The third-order valence-corrected chi connectivity index (χ3v) is 6.33. The van der Waals surface area contributed by atoms with Crippen LogP contribution in [-0.2, 0) is 19.6 Å². The molecule has 0 bridgehead atoms. The third kappa shape index (κ3) is 6.15. The Morgan fingerprint density at radius 3 is 2.41 bits per heavy atom. The summed E-state index contributed by atoms with van der Waals surface area (Å²) in [6.07, 6.45) is 1.44. The van der Waals surface area contributed by atoms with E-state index in [1.54, 1.807) is 43.3 Å². The maximum absolute atomic E-state index is 12.9. The first-order valence-electron chi connectivity index (χ1n) is 8.82. The van der Waals surface area contributed by atoms with E-state index >= 15 is 0 Å². The number of hydrogen-bond acceptors (Lipinski definition) is 5. The van der Waals surface area contributed by atoms with Crippen LogP contribution in [-0.4, -0.2) is 66.2 Å². The molecule has 1 fully saturated rings. The predicted molar refractivity (Wildman–Crippen MR) is 108 cm³/mol. The van der Waals surface area contributed by atoms with E-state index in [0.29, 0.717) is 13.2 Å². The van der Waals surface area contributed by atoms with Gasteiger partial charge in [0, 0.05) is 27.2 Å². The number of amides is 1. The number of benzene rings is 1. The fraction of sp³-hybridized carbons (Fsp3) is 0.611. The van der Waals surface area contributed by atoms with Crippen LogP contribution >= 0.6 is 12.4 Å². The van der Waals surface area contributed by atoms with Gasteiger partial charge in [0.15, 0.2) is 0 Å². The molecular weight excluding hydrogens is 390 g/mol. The lowest BCUT2D eigenvalue weighted by molar-refractivity contribution is -0.146. The van der Waals surface area contributed by atoms with E-state index in [2.05, 4.69) is 10.0 Å². The number of carbonyl (C=O) groups excluding carboxylic acids is 1. The lowest BCUT2D eigenvalue weighted by Gasteiger charge is -2.38. The Kier molecular flexibility index (Phi) is 9.17. The standard InChI is InChI=1S/C18H29N3O4S.ClH/c1-15-4-6-16(7-5-15)26(23,24)20-12-13-21(2)17(22)18(14-25-3)8-10-19-11-9-18;/h4-7,19-20H,8-14H2,1-3H3;1H. The number of ether oxygens (including phenoxy) is 1. The van der Waals surface area contributed by atoms with Gasteiger partial charge in [0.1, 0.15) is 0 Å². The number of piperidine rings is 1. The topological polar surface area (TPSA) is 87.7 Å². The van der Waals surface area contributed by atoms with Crippen LogP contribution in [0.3, 0.4) is 0 Å². The molecule has 27 heavy (non-hydrogen) atoms. The van der Waals surface area contributed by atoms with E-state index in [1.165, 1.54) is 0 Å². The summed E-state index contributed by atoms with van der Waals surface area (Å²) in [7, 11) is -0.257. The Labute approximate surface area is 168 Å². The van der Waals surface area contributed by atoms with E-state index in [0.717, 1.165) is 31.5 Å². The largest absolute Gasteiger partial charge is 0.384 e. The van der Waals surface area contributed by atoms with Gasteiger partial charge in [0.2, 0.25) is 15.9 Å². The number of halogens is 1. The minimum atomic E-state index is -3.57. The molecule has 154 valence electrons. The first kappa shape index (κ1) is 23.8. The maximum atomic E-state index is 12.9. The van der Waals surface area contributed by atoms with Crippen LogP contribution in [0.4, 0.5) is 0 Å². The molecular formula is C18H30ClN3O4S. The van der Waals surface area contributed by atoms with Crippen molar-refractivity contribution in [2.75, 3.05) is 46.9 Å². The van der Waals surface area contributed by atoms with Gasteiger partial charge < -0.3 is 15.0 Å². The Bertz CT molecular complexity index is 698. The van der Waals surface area contributed by atoms with E-state index in [1.807, 2.05) is 6.92 Å². The first-order valence-corrected chi connectivity index (χ1v) is 10.3. The second kappa shape index (κ2) is 10.4. The van der Waals surface area contributed by atoms with Crippen LogP contribution in [0.1, 0.15) is 18.4 Å². The molecule has 1 aromatic carbocycles. The molecule has 7 nitrogen and oxygen atoms in total. The van der Waals surface area contributed by atoms with Gasteiger partial charge in [-0.2, -0.15) is 0 Å². The van der Waals surface area contributed by atoms with Crippen molar-refractivity contribution in [1.29, 1.82) is 0 Å². The quantitative estimate of drug-likeness (QED) is 0.660. The number of sulfonamides is 1. The summed E-state index contributed by atoms with van der Waals surface area (Å²) in [5, 5.41) is 3.26. The van der Waals surface area contributed by atoms with Crippen molar-refractivity contribution < 1.29 is 17.9 Å². The SMILES string of the molecule is COCC1(C(=O)N(C)CCNS(=O)(=O)c2ccc(C)cc2)CCNCC1.Cl. The third-order valence-electron chi connectivity index (χ3n) is 4.85. The van der Waals surface area contributed by atoms with Crippen LogP contribution in [0.2, 0.25) is 0 Å². The van der Waals surface area contributed by atoms with Crippen LogP contribution in [0, 0.1) is 12.3 Å². The van der Waals surface area contributed by atoms with E-state index in [-0.39, 0.29) is 29.8 Å². The highest BCUT2D eigenvalue weighted by molar-refractivity contribution is 7.89. The lowest BCUT2D eigenvalue weighted by atomic mass is 9.78. The minimum absolute atomic E-state index is 0. The molecule has 1 aliphatic heterocycles. The molecule has 0 atom stereocenters. The highest BCUT2D eigenvalue weighted by Crippen LogP contribution is 2.31. The van der Waals surface area contributed by atoms with Crippen molar-refractivity contribution in [3.05, 3.63) is 29.8 Å². The van der Waals surface area contributed by atoms with Gasteiger partial charge in [-0.1, -0.05) is 17.7 Å². The summed E-state index contributed by atoms with van der Waals surface area (Å²) in [5.74, 6) is 0.00961. The number of methoxy groups -OCH3 is 1. The molecule has 1 aromatic rings. The van der Waals surface area contributed by atoms with Crippen molar-refractivity contribution in [3.63, 3.8) is 0 Å². The molecule has 0 spiro atoms. The highest BCUT2D eigenvalue weighted by Gasteiger charge is 2.41. The van der Waals surface area contributed by atoms with Crippen molar-refractivity contribution in [2.45, 2.75) is 24.7 Å². The average Bonchev–Trinajstić information content (AvgIpc) is 2.62. The summed E-state index contributed by atoms with van der Waals surface area (Å²) in [4.78, 5) is 14.7. The van der Waals surface area contributed by atoms with Gasteiger partial charge in [-0.05, 0) is 45.0 Å². The average molecular weight is 420 g/mol. The summed E-state index contributed by atoms with van der Waals surface area (Å²) < 4.78 is 32.5. The minimum Gasteiger partial charge on any atom is -0.384 e. The number of carbonyl (C=O) groups is 1. The highest BCUT2D eigenvalue weighted by atomic mass is 35.5. The van der Waals surface area contributed by atoms with Gasteiger partial charge in [0.05, 0.1) is 16.9 Å². The smallest absolute Gasteiger partial charge is 0.240 e. The summed E-state index contributed by atoms with van der Waals surface area (Å²) in [6, 6.07) is 6.68. The zero-order valence-electron chi connectivity index (χ0n) is 16.2. The zero-order valence-corrected chi connectivity index (χ0v) is 17.8. The number of nitrogens with one attached hydrogen (secondary N) is 2.